The molecule has 0 saturated carbocycles. The maximum atomic E-state index is 13.4. The van der Waals surface area contributed by atoms with Crippen LogP contribution in [0.15, 0.2) is 121 Å². The van der Waals surface area contributed by atoms with Gasteiger partial charge >= 0.3 is 11.9 Å². The quantitative estimate of drug-likeness (QED) is 0.190. The van der Waals surface area contributed by atoms with E-state index < -0.39 is 11.9 Å². The van der Waals surface area contributed by atoms with Crippen LogP contribution in [0.1, 0.15) is 34.6 Å². The number of benzene rings is 5. The van der Waals surface area contributed by atoms with Gasteiger partial charge in [0.1, 0.15) is 0 Å². The minimum absolute atomic E-state index is 0.184. The van der Waals surface area contributed by atoms with E-state index in [0.717, 1.165) is 33.4 Å². The second-order valence-corrected chi connectivity index (χ2v) is 9.24. The maximum Gasteiger partial charge on any atom is 0.339 e. The molecule has 0 fully saturated rings. The highest BCUT2D eigenvalue weighted by atomic mass is 16.5. The van der Waals surface area contributed by atoms with Gasteiger partial charge < -0.3 is 9.47 Å². The SMILES string of the molecule is CCOC(=O)c1c(-c2ccc(-c3ccccc3)cc2)ccc(-c2ccc(-c3ccccc3)cc2)c1C(=O)OCC. The van der Waals surface area contributed by atoms with Crippen molar-refractivity contribution in [1.29, 1.82) is 0 Å². The third-order valence-electron chi connectivity index (χ3n) is 6.77. The van der Waals surface area contributed by atoms with Gasteiger partial charge in [-0.2, -0.15) is 0 Å². The van der Waals surface area contributed by atoms with Crippen molar-refractivity contribution in [3.8, 4) is 44.5 Å². The molecule has 5 rings (SSSR count). The number of hydrogen-bond acceptors (Lipinski definition) is 4. The lowest BCUT2D eigenvalue weighted by Crippen LogP contribution is -2.17. The van der Waals surface area contributed by atoms with Gasteiger partial charge in [0, 0.05) is 0 Å². The van der Waals surface area contributed by atoms with Crippen molar-refractivity contribution in [2.75, 3.05) is 13.2 Å². The van der Waals surface area contributed by atoms with Crippen molar-refractivity contribution < 1.29 is 19.1 Å². The summed E-state index contributed by atoms with van der Waals surface area (Å²) in [4.78, 5) is 26.9. The summed E-state index contributed by atoms with van der Waals surface area (Å²) in [6.07, 6.45) is 0. The van der Waals surface area contributed by atoms with Crippen molar-refractivity contribution in [2.45, 2.75) is 13.8 Å². The fraction of sp³-hybridized carbons (Fsp3) is 0.111. The molecule has 0 aliphatic carbocycles. The van der Waals surface area contributed by atoms with E-state index in [0.29, 0.717) is 11.1 Å². The highest BCUT2D eigenvalue weighted by molar-refractivity contribution is 6.12. The average molecular weight is 527 g/mol. The number of esters is 2. The molecule has 0 aliphatic rings. The van der Waals surface area contributed by atoms with Gasteiger partial charge in [0.05, 0.1) is 24.3 Å². The van der Waals surface area contributed by atoms with E-state index in [1.165, 1.54) is 0 Å². The van der Waals surface area contributed by atoms with E-state index >= 15 is 0 Å². The molecule has 0 saturated heterocycles. The van der Waals surface area contributed by atoms with Crippen LogP contribution in [0.5, 0.6) is 0 Å². The fourth-order valence-electron chi connectivity index (χ4n) is 4.86. The van der Waals surface area contributed by atoms with Gasteiger partial charge in [0.25, 0.3) is 0 Å². The Labute approximate surface area is 234 Å². The van der Waals surface area contributed by atoms with Crippen LogP contribution in [0.4, 0.5) is 0 Å². The molecule has 4 heteroatoms. The van der Waals surface area contributed by atoms with Crippen LogP contribution in [-0.2, 0) is 9.47 Å². The summed E-state index contributed by atoms with van der Waals surface area (Å²) in [6, 6.07) is 39.8. The summed E-state index contributed by atoms with van der Waals surface area (Å²) in [5.74, 6) is -1.12. The lowest BCUT2D eigenvalue weighted by Gasteiger charge is -2.18. The van der Waals surface area contributed by atoms with Gasteiger partial charge in [0.15, 0.2) is 0 Å². The smallest absolute Gasteiger partial charge is 0.339 e. The fourth-order valence-corrected chi connectivity index (χ4v) is 4.86. The predicted octanol–water partition coefficient (Wildman–Crippen LogP) is 8.71. The molecule has 0 spiro atoms. The number of ether oxygens (including phenoxy) is 2. The highest BCUT2D eigenvalue weighted by Gasteiger charge is 2.28. The van der Waals surface area contributed by atoms with Gasteiger partial charge in [-0.25, -0.2) is 9.59 Å². The van der Waals surface area contributed by atoms with Crippen LogP contribution >= 0.6 is 0 Å². The molecule has 198 valence electrons. The van der Waals surface area contributed by atoms with Crippen molar-refractivity contribution in [2.24, 2.45) is 0 Å². The third-order valence-corrected chi connectivity index (χ3v) is 6.77. The molecule has 0 N–H and O–H groups in total. The molecular formula is C36H30O4. The topological polar surface area (TPSA) is 52.6 Å². The third kappa shape index (κ3) is 5.57. The first-order chi connectivity index (χ1) is 19.6. The van der Waals surface area contributed by atoms with Crippen molar-refractivity contribution in [3.63, 3.8) is 0 Å². The second kappa shape index (κ2) is 12.3. The molecule has 0 atom stereocenters. The Kier molecular flexibility index (Phi) is 8.17. The minimum Gasteiger partial charge on any atom is -0.462 e. The van der Waals surface area contributed by atoms with Crippen LogP contribution in [0, 0.1) is 0 Å². The van der Waals surface area contributed by atoms with Gasteiger partial charge in [-0.1, -0.05) is 121 Å². The number of carbonyl (C=O) groups is 2. The standard InChI is InChI=1S/C36H30O4/c1-3-39-35(37)33-31(29-19-15-27(16-20-29)25-11-7-5-8-12-25)23-24-32(34(33)36(38)40-4-2)30-21-17-28(18-22-30)26-13-9-6-10-14-26/h5-24H,3-4H2,1-2H3. The number of carbonyl (C=O) groups excluding carboxylic acids is 2. The Morgan fingerprint density at radius 2 is 0.725 bits per heavy atom. The first-order valence-electron chi connectivity index (χ1n) is 13.4. The minimum atomic E-state index is -0.560. The molecule has 0 aromatic heterocycles. The van der Waals surface area contributed by atoms with Crippen LogP contribution in [0.25, 0.3) is 44.5 Å². The van der Waals surface area contributed by atoms with Crippen LogP contribution in [0.2, 0.25) is 0 Å². The van der Waals surface area contributed by atoms with Gasteiger partial charge in [-0.15, -0.1) is 0 Å². The molecule has 0 heterocycles. The normalized spacial score (nSPS) is 10.7. The van der Waals surface area contributed by atoms with E-state index in [-0.39, 0.29) is 24.3 Å². The molecule has 5 aromatic rings. The average Bonchev–Trinajstić information content (AvgIpc) is 3.01. The van der Waals surface area contributed by atoms with E-state index in [1.54, 1.807) is 13.8 Å². The monoisotopic (exact) mass is 526 g/mol. The zero-order chi connectivity index (χ0) is 27.9. The second-order valence-electron chi connectivity index (χ2n) is 9.24. The van der Waals surface area contributed by atoms with Crippen LogP contribution in [0.3, 0.4) is 0 Å². The Morgan fingerprint density at radius 1 is 0.425 bits per heavy atom. The molecular weight excluding hydrogens is 496 g/mol. The summed E-state index contributed by atoms with van der Waals surface area (Å²) >= 11 is 0. The lowest BCUT2D eigenvalue weighted by molar-refractivity contribution is 0.0480. The van der Waals surface area contributed by atoms with Crippen molar-refractivity contribution >= 4 is 11.9 Å². The van der Waals surface area contributed by atoms with E-state index in [2.05, 4.69) is 24.3 Å². The Morgan fingerprint density at radius 3 is 1.05 bits per heavy atom. The van der Waals surface area contributed by atoms with Crippen LogP contribution in [-0.4, -0.2) is 25.2 Å². The summed E-state index contributed by atoms with van der Waals surface area (Å²) in [6.45, 7) is 3.87. The predicted molar refractivity (Wildman–Crippen MR) is 160 cm³/mol. The Hall–Kier alpha value is -4.96. The molecule has 4 nitrogen and oxygen atoms in total. The first kappa shape index (κ1) is 26.6. The van der Waals surface area contributed by atoms with Gasteiger partial charge in [-0.05, 0) is 58.4 Å². The number of rotatable bonds is 8. The van der Waals surface area contributed by atoms with Crippen LogP contribution < -0.4 is 0 Å². The van der Waals surface area contributed by atoms with E-state index in [9.17, 15) is 9.59 Å². The molecule has 40 heavy (non-hydrogen) atoms. The summed E-state index contributed by atoms with van der Waals surface area (Å²) < 4.78 is 10.9. The van der Waals surface area contributed by atoms with E-state index in [4.69, 9.17) is 9.47 Å². The first-order valence-corrected chi connectivity index (χ1v) is 13.4. The maximum absolute atomic E-state index is 13.4. The molecule has 0 radical (unpaired) electrons. The Bertz CT molecular complexity index is 1480. The lowest BCUT2D eigenvalue weighted by atomic mass is 9.88. The zero-order valence-electron chi connectivity index (χ0n) is 22.6. The van der Waals surface area contributed by atoms with Crippen molar-refractivity contribution in [1.82, 2.24) is 0 Å². The van der Waals surface area contributed by atoms with Gasteiger partial charge in [-0.3, -0.25) is 0 Å². The molecule has 0 amide bonds. The highest BCUT2D eigenvalue weighted by Crippen LogP contribution is 2.36. The zero-order valence-corrected chi connectivity index (χ0v) is 22.6. The molecule has 5 aromatic carbocycles. The van der Waals surface area contributed by atoms with Gasteiger partial charge in [0.2, 0.25) is 0 Å². The summed E-state index contributed by atoms with van der Waals surface area (Å²) in [5, 5.41) is 0. The van der Waals surface area contributed by atoms with Crippen molar-refractivity contribution in [3.05, 3.63) is 132 Å². The largest absolute Gasteiger partial charge is 0.462 e. The molecule has 0 unspecified atom stereocenters. The summed E-state index contributed by atoms with van der Waals surface area (Å²) in [5.41, 5.74) is 7.57. The summed E-state index contributed by atoms with van der Waals surface area (Å²) in [7, 11) is 0. The van der Waals surface area contributed by atoms with E-state index in [1.807, 2.05) is 97.1 Å². The number of hydrogen-bond donors (Lipinski definition) is 0. The molecule has 0 bridgehead atoms. The Balaban J connectivity index is 1.65. The molecule has 0 aliphatic heterocycles.